The Morgan fingerprint density at radius 1 is 0.889 bits per heavy atom. The van der Waals surface area contributed by atoms with Gasteiger partial charge >= 0.3 is 0 Å². The van der Waals surface area contributed by atoms with Crippen molar-refractivity contribution in [3.05, 3.63) is 18.0 Å². The monoisotopic (exact) mass is 381 g/mol. The maximum absolute atomic E-state index is 4.90. The van der Waals surface area contributed by atoms with E-state index in [2.05, 4.69) is 20.3 Å². The lowest BCUT2D eigenvalue weighted by molar-refractivity contribution is 0.403. The lowest BCUT2D eigenvalue weighted by atomic mass is 9.60. The first-order valence-corrected chi connectivity index (χ1v) is 12.2. The van der Waals surface area contributed by atoms with Gasteiger partial charge in [-0.25, -0.2) is 0 Å². The second-order valence-corrected chi connectivity index (χ2v) is 10.1. The van der Waals surface area contributed by atoms with Crippen LogP contribution in [0.3, 0.4) is 0 Å². The highest BCUT2D eigenvalue weighted by molar-refractivity contribution is 7.26. The number of thiazole rings is 1. The van der Waals surface area contributed by atoms with Gasteiger partial charge in [0.2, 0.25) is 0 Å². The van der Waals surface area contributed by atoms with E-state index in [4.69, 9.17) is 9.97 Å². The molecule has 2 aromatic heterocycles. The van der Waals surface area contributed by atoms with Crippen molar-refractivity contribution in [1.82, 2.24) is 9.97 Å². The highest BCUT2D eigenvalue weighted by atomic mass is 32.1. The largest absolute Gasteiger partial charge is 0.259 e. The number of hydrogen-bond donors (Lipinski definition) is 0. The fraction of sp³-hybridized carbons (Fsp3) is 0.739. The molecular weight excluding hydrogens is 347 g/mol. The van der Waals surface area contributed by atoms with E-state index in [1.807, 2.05) is 17.5 Å². The van der Waals surface area contributed by atoms with Crippen molar-refractivity contribution < 1.29 is 0 Å². The van der Waals surface area contributed by atoms with Crippen LogP contribution in [0.4, 0.5) is 0 Å². The first-order chi connectivity index (χ1) is 13.3. The van der Waals surface area contributed by atoms with Gasteiger partial charge in [-0.3, -0.25) is 9.97 Å². The topological polar surface area (TPSA) is 25.8 Å². The molecule has 2 aliphatic carbocycles. The van der Waals surface area contributed by atoms with E-state index in [-0.39, 0.29) is 0 Å². The summed E-state index contributed by atoms with van der Waals surface area (Å²) >= 11 is 1.88. The van der Waals surface area contributed by atoms with Crippen LogP contribution < -0.4 is 4.91 Å². The van der Waals surface area contributed by atoms with Gasteiger partial charge < -0.3 is 0 Å². The lowest BCUT2D eigenvalue weighted by Gasteiger charge is -2.21. The van der Waals surface area contributed by atoms with Gasteiger partial charge in [-0.05, 0) is 24.8 Å². The Labute approximate surface area is 169 Å². The molecule has 0 N–H and O–H groups in total. The molecule has 2 fully saturated rings. The zero-order valence-electron chi connectivity index (χ0n) is 17.0. The highest BCUT2D eigenvalue weighted by Crippen LogP contribution is 2.32. The molecule has 0 atom stereocenters. The van der Waals surface area contributed by atoms with E-state index in [9.17, 15) is 0 Å². The molecule has 0 spiro atoms. The van der Waals surface area contributed by atoms with Crippen LogP contribution in [-0.4, -0.2) is 17.2 Å². The van der Waals surface area contributed by atoms with E-state index in [1.54, 1.807) is 0 Å². The summed E-state index contributed by atoms with van der Waals surface area (Å²) in [6.07, 6.45) is 19.9. The number of hydrogen-bond acceptors (Lipinski definition) is 3. The third kappa shape index (κ3) is 5.34. The molecular formula is C23H34BN2S. The molecule has 0 unspecified atom stereocenters. The summed E-state index contributed by atoms with van der Waals surface area (Å²) in [5, 5.41) is 0. The zero-order valence-corrected chi connectivity index (χ0v) is 17.8. The van der Waals surface area contributed by atoms with Gasteiger partial charge in [0.1, 0.15) is 0 Å². The molecule has 27 heavy (non-hydrogen) atoms. The van der Waals surface area contributed by atoms with Gasteiger partial charge in [0.15, 0.2) is 7.28 Å². The van der Waals surface area contributed by atoms with Crippen molar-refractivity contribution in [1.29, 1.82) is 0 Å². The number of fused-ring (bicyclic) bond motifs is 1. The van der Waals surface area contributed by atoms with Crippen LogP contribution in [0, 0.1) is 5.92 Å². The normalized spacial score (nSPS) is 26.1. The average Bonchev–Trinajstić information content (AvgIpc) is 3.01. The fourth-order valence-corrected chi connectivity index (χ4v) is 6.04. The van der Waals surface area contributed by atoms with Crippen LogP contribution >= 0.6 is 11.3 Å². The van der Waals surface area contributed by atoms with E-state index in [1.165, 1.54) is 98.8 Å². The summed E-state index contributed by atoms with van der Waals surface area (Å²) in [6.45, 7) is 2.41. The fourth-order valence-electron chi connectivity index (χ4n) is 5.03. The van der Waals surface area contributed by atoms with Crippen molar-refractivity contribution in [3.8, 4) is 0 Å². The van der Waals surface area contributed by atoms with Crippen LogP contribution in [0.2, 0.25) is 5.82 Å². The maximum atomic E-state index is 4.90. The Morgan fingerprint density at radius 3 is 2.33 bits per heavy atom. The average molecular weight is 381 g/mol. The van der Waals surface area contributed by atoms with Crippen LogP contribution in [0.25, 0.3) is 10.2 Å². The third-order valence-electron chi connectivity index (χ3n) is 6.76. The molecule has 0 saturated heterocycles. The highest BCUT2D eigenvalue weighted by Gasteiger charge is 2.20. The van der Waals surface area contributed by atoms with Gasteiger partial charge in [-0.2, -0.15) is 0 Å². The summed E-state index contributed by atoms with van der Waals surface area (Å²) in [5.41, 5.74) is 2.42. The number of nitrogens with zero attached hydrogens (tertiary/aromatic N) is 2. The molecule has 145 valence electrons. The van der Waals surface area contributed by atoms with E-state index < -0.39 is 0 Å². The first kappa shape index (κ1) is 19.4. The number of aromatic nitrogens is 2. The van der Waals surface area contributed by atoms with E-state index in [0.29, 0.717) is 5.92 Å². The minimum absolute atomic E-state index is 0.664. The molecule has 2 heterocycles. The van der Waals surface area contributed by atoms with Gasteiger partial charge in [0.05, 0.1) is 16.4 Å². The van der Waals surface area contributed by atoms with Gasteiger partial charge in [0.25, 0.3) is 0 Å². The minimum atomic E-state index is 0.664. The molecule has 0 bridgehead atoms. The van der Waals surface area contributed by atoms with Crippen molar-refractivity contribution in [2.45, 2.75) is 102 Å². The second-order valence-electron chi connectivity index (χ2n) is 9.06. The molecule has 2 nitrogen and oxygen atoms in total. The Kier molecular flexibility index (Phi) is 6.86. The van der Waals surface area contributed by atoms with E-state index >= 15 is 0 Å². The number of pyridine rings is 1. The molecule has 4 rings (SSSR count). The molecule has 0 amide bonds. The van der Waals surface area contributed by atoms with Gasteiger partial charge in [-0.1, -0.05) is 83.4 Å². The predicted octanol–water partition coefficient (Wildman–Crippen LogP) is 6.63. The minimum Gasteiger partial charge on any atom is -0.259 e. The summed E-state index contributed by atoms with van der Waals surface area (Å²) in [7, 11) is 2.47. The van der Waals surface area contributed by atoms with Gasteiger partial charge in [-0.15, -0.1) is 11.3 Å². The molecule has 2 aromatic rings. The standard InChI is InChI=1S/C23H34BN2S/c1-17-9-7-13-19(14-8-10-17)24-23-26-21-16-25-20(15-22(21)27-23)18-11-5-3-2-4-6-12-18/h15-19H,2-14H2,1H3. The Balaban J connectivity index is 1.44. The van der Waals surface area contributed by atoms with Crippen LogP contribution in [0.15, 0.2) is 12.3 Å². The maximum Gasteiger partial charge on any atom is 0.195 e. The van der Waals surface area contributed by atoms with Crippen LogP contribution in [0.5, 0.6) is 0 Å². The second kappa shape index (κ2) is 9.54. The summed E-state index contributed by atoms with van der Waals surface area (Å²) in [4.78, 5) is 10.9. The molecule has 0 aliphatic heterocycles. The van der Waals surface area contributed by atoms with E-state index in [0.717, 1.165) is 17.3 Å². The van der Waals surface area contributed by atoms with Crippen molar-refractivity contribution in [2.24, 2.45) is 5.92 Å². The Morgan fingerprint density at radius 2 is 1.59 bits per heavy atom. The van der Waals surface area contributed by atoms with Crippen LogP contribution in [-0.2, 0) is 0 Å². The lowest BCUT2D eigenvalue weighted by Crippen LogP contribution is -2.20. The summed E-state index contributed by atoms with van der Waals surface area (Å²) in [5.74, 6) is 2.30. The quantitative estimate of drug-likeness (QED) is 0.558. The first-order valence-electron chi connectivity index (χ1n) is 11.4. The van der Waals surface area contributed by atoms with Crippen molar-refractivity contribution in [2.75, 3.05) is 0 Å². The third-order valence-corrected chi connectivity index (χ3v) is 7.74. The molecule has 2 aliphatic rings. The van der Waals surface area contributed by atoms with Gasteiger partial charge in [0, 0.05) is 16.5 Å². The SMILES string of the molecule is CC1CCCC([B]c2nc3cnc(C4CCCCCCC4)cc3s2)CCC1. The predicted molar refractivity (Wildman–Crippen MR) is 118 cm³/mol. The smallest absolute Gasteiger partial charge is 0.195 e. The number of rotatable bonds is 3. The summed E-state index contributed by atoms with van der Waals surface area (Å²) < 4.78 is 1.34. The molecule has 4 heteroatoms. The molecule has 0 aromatic carbocycles. The van der Waals surface area contributed by atoms with Crippen LogP contribution in [0.1, 0.15) is 102 Å². The van der Waals surface area contributed by atoms with Crippen molar-refractivity contribution in [3.63, 3.8) is 0 Å². The Bertz CT molecular complexity index is 710. The molecule has 1 radical (unpaired) electrons. The molecule has 2 saturated carbocycles. The summed E-state index contributed by atoms with van der Waals surface area (Å²) in [6, 6.07) is 2.36. The van der Waals surface area contributed by atoms with Crippen molar-refractivity contribution >= 4 is 33.7 Å². The zero-order chi connectivity index (χ0) is 18.5. The Hall–Kier alpha value is -0.895.